The van der Waals surface area contributed by atoms with E-state index in [0.717, 1.165) is 0 Å². The fourth-order valence-corrected chi connectivity index (χ4v) is 0.940. The number of hydrogen-bond acceptors (Lipinski definition) is 3. The van der Waals surface area contributed by atoms with Gasteiger partial charge in [0.2, 0.25) is 0 Å². The number of nitrogens with zero attached hydrogens (tertiary/aromatic N) is 1. The van der Waals surface area contributed by atoms with Gasteiger partial charge in [-0.25, -0.2) is 4.79 Å². The van der Waals surface area contributed by atoms with E-state index in [1.165, 1.54) is 0 Å². The van der Waals surface area contributed by atoms with Crippen molar-refractivity contribution >= 4 is 11.9 Å². The van der Waals surface area contributed by atoms with Gasteiger partial charge in [0.15, 0.2) is 0 Å². The average Bonchev–Trinajstić information content (AvgIpc) is 2.17. The van der Waals surface area contributed by atoms with E-state index in [-0.39, 0.29) is 11.0 Å². The Morgan fingerprint density at radius 3 is 2.27 bits per heavy atom. The zero-order valence-electron chi connectivity index (χ0n) is 6.37. The minimum absolute atomic E-state index is 0.00333. The molecule has 62 valence electrons. The molecule has 0 aromatic rings. The zero-order chi connectivity index (χ0) is 8.59. The number of imide groups is 1. The highest BCUT2D eigenvalue weighted by molar-refractivity contribution is 6.02. The summed E-state index contributed by atoms with van der Waals surface area (Å²) in [4.78, 5) is 21.6. The highest BCUT2D eigenvalue weighted by Gasteiger charge is 2.38. The van der Waals surface area contributed by atoms with Gasteiger partial charge < -0.3 is 5.32 Å². The highest BCUT2D eigenvalue weighted by Crippen LogP contribution is 2.10. The summed E-state index contributed by atoms with van der Waals surface area (Å²) in [6.45, 7) is 3.59. The van der Waals surface area contributed by atoms with Gasteiger partial charge in [-0.05, 0) is 5.92 Å². The number of hydroxylamine groups is 2. The number of hydrogen-bond donors (Lipinski definition) is 2. The van der Waals surface area contributed by atoms with Gasteiger partial charge in [-0.15, -0.1) is 5.06 Å². The van der Waals surface area contributed by atoms with Crippen molar-refractivity contribution in [3.63, 3.8) is 0 Å². The van der Waals surface area contributed by atoms with E-state index in [1.54, 1.807) is 13.8 Å². The molecule has 1 unspecified atom stereocenters. The van der Waals surface area contributed by atoms with Gasteiger partial charge in [0.25, 0.3) is 5.91 Å². The molecule has 1 aliphatic heterocycles. The first kappa shape index (κ1) is 8.00. The smallest absolute Gasteiger partial charge is 0.324 e. The van der Waals surface area contributed by atoms with Crippen molar-refractivity contribution in [2.75, 3.05) is 0 Å². The van der Waals surface area contributed by atoms with E-state index in [1.807, 2.05) is 0 Å². The third-order valence-electron chi connectivity index (χ3n) is 1.61. The SMILES string of the molecule is CC(C)C1NC(=O)N(O)C1=O. The maximum absolute atomic E-state index is 10.9. The number of carbonyl (C=O) groups excluding carboxylic acids is 2. The number of rotatable bonds is 1. The topological polar surface area (TPSA) is 69.6 Å². The van der Waals surface area contributed by atoms with E-state index < -0.39 is 18.0 Å². The third kappa shape index (κ3) is 1.19. The summed E-state index contributed by atoms with van der Waals surface area (Å²) in [6, 6.07) is -1.32. The Labute approximate surface area is 63.9 Å². The molecular weight excluding hydrogens is 148 g/mol. The van der Waals surface area contributed by atoms with Gasteiger partial charge >= 0.3 is 6.03 Å². The van der Waals surface area contributed by atoms with Gasteiger partial charge in [0, 0.05) is 0 Å². The summed E-state index contributed by atoms with van der Waals surface area (Å²) < 4.78 is 0. The normalized spacial score (nSPS) is 24.7. The number of carbonyl (C=O) groups is 2. The minimum atomic E-state index is -0.742. The van der Waals surface area contributed by atoms with Crippen LogP contribution in [0.5, 0.6) is 0 Å². The van der Waals surface area contributed by atoms with Crippen molar-refractivity contribution in [2.45, 2.75) is 19.9 Å². The van der Waals surface area contributed by atoms with Crippen molar-refractivity contribution in [3.8, 4) is 0 Å². The first-order chi connectivity index (χ1) is 5.04. The first-order valence-corrected chi connectivity index (χ1v) is 3.37. The molecule has 5 heteroatoms. The molecule has 1 rings (SSSR count). The van der Waals surface area contributed by atoms with Crippen LogP contribution >= 0.6 is 0 Å². The molecule has 5 nitrogen and oxygen atoms in total. The molecule has 1 heterocycles. The lowest BCUT2D eigenvalue weighted by molar-refractivity contribution is -0.149. The molecule has 1 aliphatic rings. The maximum atomic E-state index is 10.9. The lowest BCUT2D eigenvalue weighted by Gasteiger charge is -2.09. The van der Waals surface area contributed by atoms with Gasteiger partial charge in [-0.2, -0.15) is 0 Å². The number of amides is 3. The summed E-state index contributed by atoms with van der Waals surface area (Å²) in [5, 5.41) is 11.2. The van der Waals surface area contributed by atoms with Crippen molar-refractivity contribution in [1.82, 2.24) is 10.4 Å². The van der Waals surface area contributed by atoms with Gasteiger partial charge in [0.05, 0.1) is 0 Å². The molecule has 0 bridgehead atoms. The van der Waals surface area contributed by atoms with Crippen LogP contribution in [0.1, 0.15) is 13.8 Å². The molecule has 2 N–H and O–H groups in total. The lowest BCUT2D eigenvalue weighted by Crippen LogP contribution is -2.34. The Kier molecular flexibility index (Phi) is 1.82. The van der Waals surface area contributed by atoms with Gasteiger partial charge in [-0.1, -0.05) is 13.8 Å². The maximum Gasteiger partial charge on any atom is 0.349 e. The fraction of sp³-hybridized carbons (Fsp3) is 0.667. The van der Waals surface area contributed by atoms with Crippen molar-refractivity contribution < 1.29 is 14.8 Å². The highest BCUT2D eigenvalue weighted by atomic mass is 16.5. The van der Waals surface area contributed by atoms with Crippen LogP contribution < -0.4 is 5.32 Å². The van der Waals surface area contributed by atoms with Crippen LogP contribution in [0.4, 0.5) is 4.79 Å². The number of urea groups is 1. The summed E-state index contributed by atoms with van der Waals surface area (Å²) in [5.74, 6) is -0.575. The van der Waals surface area contributed by atoms with Crippen LogP contribution in [0.15, 0.2) is 0 Å². The molecule has 1 saturated heterocycles. The van der Waals surface area contributed by atoms with E-state index in [0.29, 0.717) is 0 Å². The second-order valence-corrected chi connectivity index (χ2v) is 2.82. The van der Waals surface area contributed by atoms with Gasteiger partial charge in [-0.3, -0.25) is 10.0 Å². The summed E-state index contributed by atoms with van der Waals surface area (Å²) in [6.07, 6.45) is 0. The molecule has 11 heavy (non-hydrogen) atoms. The predicted molar refractivity (Wildman–Crippen MR) is 35.8 cm³/mol. The van der Waals surface area contributed by atoms with Crippen LogP contribution in [0.3, 0.4) is 0 Å². The second-order valence-electron chi connectivity index (χ2n) is 2.82. The predicted octanol–water partition coefficient (Wildman–Crippen LogP) is -0.0480. The Morgan fingerprint density at radius 1 is 1.55 bits per heavy atom. The molecule has 0 aromatic carbocycles. The van der Waals surface area contributed by atoms with Crippen molar-refractivity contribution in [2.24, 2.45) is 5.92 Å². The molecule has 1 atom stereocenters. The molecule has 0 spiro atoms. The Balaban J connectivity index is 2.75. The summed E-state index contributed by atoms with van der Waals surface area (Å²) in [5.41, 5.74) is 0. The third-order valence-corrected chi connectivity index (χ3v) is 1.61. The molecule has 0 saturated carbocycles. The van der Waals surface area contributed by atoms with Gasteiger partial charge in [0.1, 0.15) is 6.04 Å². The van der Waals surface area contributed by atoms with Crippen molar-refractivity contribution in [3.05, 3.63) is 0 Å². The van der Waals surface area contributed by atoms with Crippen molar-refractivity contribution in [1.29, 1.82) is 0 Å². The summed E-state index contributed by atoms with van der Waals surface area (Å²) in [7, 11) is 0. The standard InChI is InChI=1S/C6H10N2O3/c1-3(2)4-5(9)8(11)6(10)7-4/h3-4,11H,1-2H3,(H,7,10). The molecule has 3 amide bonds. The number of nitrogens with one attached hydrogen (secondary N) is 1. The minimum Gasteiger partial charge on any atom is -0.324 e. The van der Waals surface area contributed by atoms with E-state index in [9.17, 15) is 9.59 Å². The zero-order valence-corrected chi connectivity index (χ0v) is 6.37. The quantitative estimate of drug-likeness (QED) is 0.415. The molecule has 0 aromatic heterocycles. The Hall–Kier alpha value is -1.10. The Bertz CT molecular complexity index is 202. The van der Waals surface area contributed by atoms with E-state index >= 15 is 0 Å². The van der Waals surface area contributed by atoms with Crippen LogP contribution in [-0.2, 0) is 4.79 Å². The van der Waals surface area contributed by atoms with Crippen LogP contribution in [0.2, 0.25) is 0 Å². The molecule has 0 radical (unpaired) electrons. The average molecular weight is 158 g/mol. The first-order valence-electron chi connectivity index (χ1n) is 3.37. The van der Waals surface area contributed by atoms with Crippen LogP contribution in [0, 0.1) is 5.92 Å². The fourth-order valence-electron chi connectivity index (χ4n) is 0.940. The van der Waals surface area contributed by atoms with E-state index in [4.69, 9.17) is 5.21 Å². The van der Waals surface area contributed by atoms with E-state index in [2.05, 4.69) is 5.32 Å². The largest absolute Gasteiger partial charge is 0.349 e. The molecule has 0 aliphatic carbocycles. The lowest BCUT2D eigenvalue weighted by atomic mass is 10.1. The van der Waals surface area contributed by atoms with Crippen LogP contribution in [-0.4, -0.2) is 28.3 Å². The Morgan fingerprint density at radius 2 is 2.09 bits per heavy atom. The summed E-state index contributed by atoms with van der Waals surface area (Å²) >= 11 is 0. The monoisotopic (exact) mass is 158 g/mol. The second kappa shape index (κ2) is 2.50. The molecular formula is C6H10N2O3. The molecule has 1 fully saturated rings. The van der Waals surface area contributed by atoms with Crippen LogP contribution in [0.25, 0.3) is 0 Å².